The summed E-state index contributed by atoms with van der Waals surface area (Å²) in [5.74, 6) is 0.545. The van der Waals surface area contributed by atoms with Gasteiger partial charge >= 0.3 is 0 Å². The summed E-state index contributed by atoms with van der Waals surface area (Å²) < 4.78 is 1.63. The zero-order valence-corrected chi connectivity index (χ0v) is 18.2. The number of aryl methyl sites for hydroxylation is 1. The standard InChI is InChI=1S/C22H24N6OS/c1-22(2,3)14-4-5-15-16(10-14)30-21-17(15)19-26-18(27-28(19)12-25-21)20(29)24-11-13-6-8-23-9-7-13/h6-9,12,14H,4-5,10-11H2,1-3H3,(H,24,29)/t14-/m0/s1. The van der Waals surface area contributed by atoms with E-state index in [9.17, 15) is 4.79 Å². The maximum Gasteiger partial charge on any atom is 0.291 e. The Balaban J connectivity index is 1.47. The summed E-state index contributed by atoms with van der Waals surface area (Å²) in [6.07, 6.45) is 8.34. The van der Waals surface area contributed by atoms with Gasteiger partial charge < -0.3 is 5.32 Å². The van der Waals surface area contributed by atoms with E-state index >= 15 is 0 Å². The molecule has 0 bridgehead atoms. The lowest BCUT2D eigenvalue weighted by molar-refractivity contribution is 0.0940. The Hall–Kier alpha value is -2.87. The van der Waals surface area contributed by atoms with Crippen molar-refractivity contribution in [2.45, 2.75) is 46.6 Å². The van der Waals surface area contributed by atoms with Crippen LogP contribution in [0.3, 0.4) is 0 Å². The Bertz CT molecular complexity index is 1240. The van der Waals surface area contributed by atoms with Gasteiger partial charge in [-0.15, -0.1) is 16.4 Å². The largest absolute Gasteiger partial charge is 0.345 e. The Morgan fingerprint density at radius 1 is 1.30 bits per heavy atom. The summed E-state index contributed by atoms with van der Waals surface area (Å²) in [6, 6.07) is 3.74. The zero-order chi connectivity index (χ0) is 20.9. The number of thiophene rings is 1. The lowest BCUT2D eigenvalue weighted by Crippen LogP contribution is -2.26. The minimum atomic E-state index is -0.291. The Kier molecular flexibility index (Phi) is 4.54. The van der Waals surface area contributed by atoms with E-state index < -0.39 is 0 Å². The highest BCUT2D eigenvalue weighted by molar-refractivity contribution is 7.19. The number of nitrogens with zero attached hydrogens (tertiary/aromatic N) is 5. The average molecular weight is 421 g/mol. The van der Waals surface area contributed by atoms with Crippen molar-refractivity contribution < 1.29 is 4.79 Å². The molecule has 30 heavy (non-hydrogen) atoms. The van der Waals surface area contributed by atoms with E-state index in [-0.39, 0.29) is 11.7 Å². The molecule has 0 aliphatic heterocycles. The Morgan fingerprint density at radius 2 is 2.10 bits per heavy atom. The lowest BCUT2D eigenvalue weighted by atomic mass is 9.72. The molecule has 0 radical (unpaired) electrons. The van der Waals surface area contributed by atoms with Gasteiger partial charge in [0, 0.05) is 23.8 Å². The highest BCUT2D eigenvalue weighted by atomic mass is 32.1. The second kappa shape index (κ2) is 7.12. The van der Waals surface area contributed by atoms with Crippen molar-refractivity contribution in [2.75, 3.05) is 0 Å². The molecule has 0 unspecified atom stereocenters. The molecule has 0 saturated carbocycles. The van der Waals surface area contributed by atoms with Gasteiger partial charge in [0.05, 0.1) is 5.39 Å². The number of carbonyl (C=O) groups excluding carboxylic acids is 1. The van der Waals surface area contributed by atoms with Crippen molar-refractivity contribution in [2.24, 2.45) is 11.3 Å². The molecule has 154 valence electrons. The van der Waals surface area contributed by atoms with E-state index in [0.717, 1.165) is 40.7 Å². The maximum absolute atomic E-state index is 12.6. The van der Waals surface area contributed by atoms with E-state index in [1.165, 1.54) is 10.4 Å². The van der Waals surface area contributed by atoms with Crippen LogP contribution in [-0.2, 0) is 19.4 Å². The molecule has 0 fully saturated rings. The minimum absolute atomic E-state index is 0.168. The maximum atomic E-state index is 12.6. The smallest absolute Gasteiger partial charge is 0.291 e. The molecule has 5 rings (SSSR count). The van der Waals surface area contributed by atoms with Gasteiger partial charge in [-0.3, -0.25) is 9.78 Å². The van der Waals surface area contributed by atoms with E-state index in [0.29, 0.717) is 17.9 Å². The average Bonchev–Trinajstić information content (AvgIpc) is 3.32. The van der Waals surface area contributed by atoms with Gasteiger partial charge in [-0.1, -0.05) is 20.8 Å². The fourth-order valence-corrected chi connectivity index (χ4v) is 5.43. The number of aromatic nitrogens is 5. The molecule has 0 saturated heterocycles. The predicted molar refractivity (Wildman–Crippen MR) is 117 cm³/mol. The molecule has 1 amide bonds. The molecule has 1 aliphatic carbocycles. The van der Waals surface area contributed by atoms with Crippen molar-refractivity contribution in [1.29, 1.82) is 0 Å². The quantitative estimate of drug-likeness (QED) is 0.545. The number of hydrogen-bond acceptors (Lipinski definition) is 6. The van der Waals surface area contributed by atoms with Crippen LogP contribution < -0.4 is 5.32 Å². The number of amides is 1. The van der Waals surface area contributed by atoms with Crippen LogP contribution in [-0.4, -0.2) is 30.5 Å². The van der Waals surface area contributed by atoms with Crippen molar-refractivity contribution in [3.8, 4) is 0 Å². The van der Waals surface area contributed by atoms with Crippen molar-refractivity contribution >= 4 is 33.1 Å². The molecule has 8 heteroatoms. The SMILES string of the molecule is CC(C)(C)[C@H]1CCc2c(sc3ncn4nc(C(=O)NCc5ccncc5)nc4c23)C1. The van der Waals surface area contributed by atoms with E-state index in [4.69, 9.17) is 0 Å². The van der Waals surface area contributed by atoms with Crippen molar-refractivity contribution in [3.05, 3.63) is 52.7 Å². The molecule has 4 heterocycles. The third-order valence-electron chi connectivity index (χ3n) is 6.02. The molecule has 1 aliphatic rings. The van der Waals surface area contributed by atoms with Gasteiger partial charge in [0.25, 0.3) is 5.91 Å². The molecular weight excluding hydrogens is 396 g/mol. The fourth-order valence-electron chi connectivity index (χ4n) is 4.17. The fraction of sp³-hybridized carbons (Fsp3) is 0.409. The normalized spacial score (nSPS) is 16.7. The molecule has 1 atom stereocenters. The second-order valence-electron chi connectivity index (χ2n) is 8.98. The number of rotatable bonds is 3. The van der Waals surface area contributed by atoms with Crippen LogP contribution in [0.2, 0.25) is 0 Å². The van der Waals surface area contributed by atoms with Gasteiger partial charge in [-0.05, 0) is 53.9 Å². The summed E-state index contributed by atoms with van der Waals surface area (Å²) in [4.78, 5) is 28.2. The first-order valence-corrected chi connectivity index (χ1v) is 11.0. The predicted octanol–water partition coefficient (Wildman–Crippen LogP) is 3.82. The number of pyridine rings is 1. The molecule has 4 aromatic rings. The Labute approximate surface area is 178 Å². The van der Waals surface area contributed by atoms with Gasteiger partial charge in [-0.2, -0.15) is 0 Å². The molecule has 1 N–H and O–H groups in total. The van der Waals surface area contributed by atoms with E-state index in [2.05, 4.69) is 46.1 Å². The van der Waals surface area contributed by atoms with Gasteiger partial charge in [0.15, 0.2) is 5.65 Å². The van der Waals surface area contributed by atoms with Crippen LogP contribution in [0.15, 0.2) is 30.9 Å². The summed E-state index contributed by atoms with van der Waals surface area (Å²) in [6.45, 7) is 7.37. The van der Waals surface area contributed by atoms with Crippen LogP contribution in [0.4, 0.5) is 0 Å². The number of fused-ring (bicyclic) bond motifs is 5. The van der Waals surface area contributed by atoms with Gasteiger partial charge in [-0.25, -0.2) is 14.5 Å². The minimum Gasteiger partial charge on any atom is -0.345 e. The second-order valence-corrected chi connectivity index (χ2v) is 10.1. The Morgan fingerprint density at radius 3 is 2.87 bits per heavy atom. The van der Waals surface area contributed by atoms with Crippen LogP contribution in [0.25, 0.3) is 15.9 Å². The number of nitrogens with one attached hydrogen (secondary N) is 1. The zero-order valence-electron chi connectivity index (χ0n) is 17.3. The summed E-state index contributed by atoms with van der Waals surface area (Å²) in [5, 5.41) is 8.32. The van der Waals surface area contributed by atoms with Gasteiger partial charge in [0.1, 0.15) is 11.2 Å². The number of carbonyl (C=O) groups is 1. The summed E-state index contributed by atoms with van der Waals surface area (Å²) >= 11 is 1.76. The lowest BCUT2D eigenvalue weighted by Gasteiger charge is -2.33. The first-order chi connectivity index (χ1) is 14.4. The third kappa shape index (κ3) is 3.35. The number of hydrogen-bond donors (Lipinski definition) is 1. The first-order valence-electron chi connectivity index (χ1n) is 10.2. The van der Waals surface area contributed by atoms with Gasteiger partial charge in [0.2, 0.25) is 5.82 Å². The van der Waals surface area contributed by atoms with Crippen LogP contribution in [0.1, 0.15) is 53.8 Å². The summed E-state index contributed by atoms with van der Waals surface area (Å²) in [7, 11) is 0. The highest BCUT2D eigenvalue weighted by Crippen LogP contribution is 2.43. The molecular formula is C22H24N6OS. The molecule has 7 nitrogen and oxygen atoms in total. The highest BCUT2D eigenvalue weighted by Gasteiger charge is 2.32. The van der Waals surface area contributed by atoms with E-state index in [1.54, 1.807) is 34.6 Å². The molecule has 4 aromatic heterocycles. The van der Waals surface area contributed by atoms with Crippen molar-refractivity contribution in [1.82, 2.24) is 29.9 Å². The summed E-state index contributed by atoms with van der Waals surface area (Å²) in [5.41, 5.74) is 3.34. The third-order valence-corrected chi connectivity index (χ3v) is 7.18. The molecule has 0 aromatic carbocycles. The van der Waals surface area contributed by atoms with E-state index in [1.807, 2.05) is 12.1 Å². The van der Waals surface area contributed by atoms with Crippen LogP contribution in [0, 0.1) is 11.3 Å². The van der Waals surface area contributed by atoms with Crippen LogP contribution >= 0.6 is 11.3 Å². The van der Waals surface area contributed by atoms with Crippen LogP contribution in [0.5, 0.6) is 0 Å². The molecule has 0 spiro atoms. The van der Waals surface area contributed by atoms with Crippen molar-refractivity contribution in [3.63, 3.8) is 0 Å². The topological polar surface area (TPSA) is 85.1 Å². The monoisotopic (exact) mass is 420 g/mol. The first kappa shape index (κ1) is 19.1.